The quantitative estimate of drug-likeness (QED) is 0.316. The fourth-order valence-electron chi connectivity index (χ4n) is 3.02. The van der Waals surface area contributed by atoms with Crippen LogP contribution in [0.4, 0.5) is 13.9 Å². The van der Waals surface area contributed by atoms with E-state index in [0.717, 1.165) is 17.5 Å². The number of ether oxygens (including phenoxy) is 2. The van der Waals surface area contributed by atoms with Gasteiger partial charge in [0, 0.05) is 22.8 Å². The highest BCUT2D eigenvalue weighted by Gasteiger charge is 2.15. The molecule has 0 spiro atoms. The second-order valence-corrected chi connectivity index (χ2v) is 8.27. The average Bonchev–Trinajstić information content (AvgIpc) is 3.32. The van der Waals surface area contributed by atoms with Crippen LogP contribution in [0.1, 0.15) is 31.2 Å². The molecule has 0 fully saturated rings. The van der Waals surface area contributed by atoms with E-state index in [4.69, 9.17) is 14.6 Å². The zero-order valence-electron chi connectivity index (χ0n) is 18.0. The zero-order chi connectivity index (χ0) is 24.8. The molecule has 0 aliphatic heterocycles. The van der Waals surface area contributed by atoms with Crippen LogP contribution in [0, 0.1) is 11.6 Å². The van der Waals surface area contributed by atoms with Gasteiger partial charge in [-0.15, -0.1) is 0 Å². The summed E-state index contributed by atoms with van der Waals surface area (Å²) in [5.74, 6) is -2.19. The number of carbonyl (C=O) groups is 2. The minimum absolute atomic E-state index is 0.0313. The van der Waals surface area contributed by atoms with Gasteiger partial charge in [-0.1, -0.05) is 47.7 Å². The number of carboxylic acid groups (broad SMARTS) is 1. The van der Waals surface area contributed by atoms with E-state index in [1.165, 1.54) is 30.3 Å². The van der Waals surface area contributed by atoms with E-state index in [2.05, 4.69) is 10.3 Å². The Hall–Kier alpha value is -4.31. The predicted octanol–water partition coefficient (Wildman–Crippen LogP) is 5.53. The maximum Gasteiger partial charge on any atom is 0.347 e. The van der Waals surface area contributed by atoms with Crippen molar-refractivity contribution in [2.75, 3.05) is 5.32 Å². The number of nitrogens with zero attached hydrogens (tertiary/aromatic N) is 1. The van der Waals surface area contributed by atoms with Crippen LogP contribution in [-0.2, 0) is 13.2 Å². The van der Waals surface area contributed by atoms with Crippen LogP contribution in [0.5, 0.6) is 11.5 Å². The van der Waals surface area contributed by atoms with Crippen molar-refractivity contribution in [2.24, 2.45) is 0 Å². The monoisotopic (exact) mass is 496 g/mol. The number of nitrogens with one attached hydrogen (secondary N) is 1. The highest BCUT2D eigenvalue weighted by Crippen LogP contribution is 2.27. The number of rotatable bonds is 9. The van der Waals surface area contributed by atoms with E-state index in [0.29, 0.717) is 11.1 Å². The van der Waals surface area contributed by atoms with Crippen molar-refractivity contribution in [3.63, 3.8) is 0 Å². The molecule has 4 aromatic rings. The highest BCUT2D eigenvalue weighted by atomic mass is 32.1. The molecular weight excluding hydrogens is 478 g/mol. The summed E-state index contributed by atoms with van der Waals surface area (Å²) in [6.07, 6.45) is 1.14. The lowest BCUT2D eigenvalue weighted by Crippen LogP contribution is -2.12. The summed E-state index contributed by atoms with van der Waals surface area (Å²) < 4.78 is 39.4. The van der Waals surface area contributed by atoms with Crippen molar-refractivity contribution < 1.29 is 33.0 Å². The first-order chi connectivity index (χ1) is 16.9. The fraction of sp³-hybridized carbons (Fsp3) is 0.0800. The predicted molar refractivity (Wildman–Crippen MR) is 125 cm³/mol. The molecular formula is C25H18F2N2O5S. The van der Waals surface area contributed by atoms with Gasteiger partial charge in [0.05, 0.1) is 6.20 Å². The smallest absolute Gasteiger partial charge is 0.347 e. The van der Waals surface area contributed by atoms with Crippen LogP contribution < -0.4 is 14.8 Å². The normalized spacial score (nSPS) is 10.6. The molecule has 0 atom stereocenters. The van der Waals surface area contributed by atoms with Crippen LogP contribution in [0.25, 0.3) is 0 Å². The van der Waals surface area contributed by atoms with Crippen LogP contribution in [-0.4, -0.2) is 22.0 Å². The van der Waals surface area contributed by atoms with Gasteiger partial charge in [-0.25, -0.2) is 18.6 Å². The number of amides is 1. The number of halogens is 2. The van der Waals surface area contributed by atoms with E-state index in [1.807, 2.05) is 0 Å². The van der Waals surface area contributed by atoms with E-state index >= 15 is 0 Å². The van der Waals surface area contributed by atoms with Crippen molar-refractivity contribution >= 4 is 28.3 Å². The molecule has 1 heterocycles. The van der Waals surface area contributed by atoms with Crippen molar-refractivity contribution in [3.05, 3.63) is 106 Å². The average molecular weight is 496 g/mol. The number of hydrogen-bond donors (Lipinski definition) is 2. The van der Waals surface area contributed by atoms with Gasteiger partial charge < -0.3 is 14.6 Å². The Labute approximate surface area is 202 Å². The number of anilines is 1. The van der Waals surface area contributed by atoms with Crippen LogP contribution in [0.15, 0.2) is 72.9 Å². The Kier molecular flexibility index (Phi) is 7.32. The molecule has 0 aliphatic rings. The third-order valence-corrected chi connectivity index (χ3v) is 5.68. The summed E-state index contributed by atoms with van der Waals surface area (Å²) in [5.41, 5.74) is 0.756. The molecule has 2 N–H and O–H groups in total. The van der Waals surface area contributed by atoms with Gasteiger partial charge in [-0.2, -0.15) is 0 Å². The first-order valence-electron chi connectivity index (χ1n) is 10.3. The van der Waals surface area contributed by atoms with Crippen LogP contribution >= 0.6 is 11.3 Å². The lowest BCUT2D eigenvalue weighted by Gasteiger charge is -2.13. The number of aromatic nitrogens is 1. The van der Waals surface area contributed by atoms with Gasteiger partial charge in [0.15, 0.2) is 5.13 Å². The largest absolute Gasteiger partial charge is 0.489 e. The van der Waals surface area contributed by atoms with E-state index in [1.54, 1.807) is 36.4 Å². The number of carbonyl (C=O) groups excluding carboxylic acids is 1. The standard InChI is InChI=1S/C25H18F2N2O5S/c26-20-7-3-1-5-15(20)13-33-18-9-17(23(30)29-25-28-12-22(35-25)24(31)32)10-19(11-18)34-14-16-6-2-4-8-21(16)27/h1-12H,13-14H2,(H,31,32)(H,28,29,30). The molecule has 7 nitrogen and oxygen atoms in total. The van der Waals surface area contributed by atoms with E-state index in [-0.39, 0.29) is 40.3 Å². The molecule has 0 radical (unpaired) electrons. The zero-order valence-corrected chi connectivity index (χ0v) is 18.9. The second kappa shape index (κ2) is 10.7. The topological polar surface area (TPSA) is 97.8 Å². The van der Waals surface area contributed by atoms with Crippen LogP contribution in [0.2, 0.25) is 0 Å². The maximum atomic E-state index is 14.0. The van der Waals surface area contributed by atoms with Gasteiger partial charge in [0.25, 0.3) is 5.91 Å². The Morgan fingerprint density at radius 1 is 0.886 bits per heavy atom. The molecule has 3 aromatic carbocycles. The molecule has 0 bridgehead atoms. The summed E-state index contributed by atoms with van der Waals surface area (Å²) in [4.78, 5) is 27.7. The Morgan fingerprint density at radius 2 is 1.43 bits per heavy atom. The first kappa shape index (κ1) is 23.8. The molecule has 0 saturated carbocycles. The summed E-state index contributed by atoms with van der Waals surface area (Å²) in [6.45, 7) is -0.197. The molecule has 1 aromatic heterocycles. The first-order valence-corrected chi connectivity index (χ1v) is 11.1. The Morgan fingerprint density at radius 3 is 1.91 bits per heavy atom. The molecule has 10 heteroatoms. The van der Waals surface area contributed by atoms with Crippen molar-refractivity contribution in [1.29, 1.82) is 0 Å². The SMILES string of the molecule is O=C(Nc1ncc(C(=O)O)s1)c1cc(OCc2ccccc2F)cc(OCc2ccccc2F)c1. The Bertz CT molecular complexity index is 1310. The summed E-state index contributed by atoms with van der Waals surface area (Å²) >= 11 is 0.802. The molecule has 35 heavy (non-hydrogen) atoms. The molecule has 0 unspecified atom stereocenters. The number of thiazole rings is 1. The van der Waals surface area contributed by atoms with Gasteiger partial charge in [0.2, 0.25) is 0 Å². The van der Waals surface area contributed by atoms with Crippen molar-refractivity contribution in [3.8, 4) is 11.5 Å². The van der Waals surface area contributed by atoms with Crippen LogP contribution in [0.3, 0.4) is 0 Å². The lowest BCUT2D eigenvalue weighted by molar-refractivity contribution is 0.0701. The van der Waals surface area contributed by atoms with E-state index < -0.39 is 23.5 Å². The molecule has 178 valence electrons. The highest BCUT2D eigenvalue weighted by molar-refractivity contribution is 7.17. The third kappa shape index (κ3) is 6.18. The number of hydrogen-bond acceptors (Lipinski definition) is 6. The number of carboxylic acids is 1. The maximum absolute atomic E-state index is 14.0. The third-order valence-electron chi connectivity index (χ3n) is 4.78. The number of aromatic carboxylic acids is 1. The molecule has 0 aliphatic carbocycles. The lowest BCUT2D eigenvalue weighted by atomic mass is 10.1. The number of benzene rings is 3. The summed E-state index contributed by atoms with van der Waals surface area (Å²) in [5, 5.41) is 11.7. The van der Waals surface area contributed by atoms with Gasteiger partial charge in [0.1, 0.15) is 41.2 Å². The molecule has 0 saturated heterocycles. The molecule has 4 rings (SSSR count). The minimum atomic E-state index is -1.16. The Balaban J connectivity index is 1.56. The van der Waals surface area contributed by atoms with Crippen molar-refractivity contribution in [1.82, 2.24) is 4.98 Å². The molecule has 1 amide bonds. The van der Waals surface area contributed by atoms with Gasteiger partial charge in [-0.05, 0) is 24.3 Å². The summed E-state index contributed by atoms with van der Waals surface area (Å²) in [7, 11) is 0. The van der Waals surface area contributed by atoms with Gasteiger partial charge in [-0.3, -0.25) is 10.1 Å². The van der Waals surface area contributed by atoms with Gasteiger partial charge >= 0.3 is 5.97 Å². The minimum Gasteiger partial charge on any atom is -0.489 e. The van der Waals surface area contributed by atoms with Crippen molar-refractivity contribution in [2.45, 2.75) is 13.2 Å². The second-order valence-electron chi connectivity index (χ2n) is 7.24. The van der Waals surface area contributed by atoms with E-state index in [9.17, 15) is 18.4 Å². The summed E-state index contributed by atoms with van der Waals surface area (Å²) in [6, 6.07) is 16.6. The fourth-order valence-corrected chi connectivity index (χ4v) is 3.67.